The van der Waals surface area contributed by atoms with E-state index in [2.05, 4.69) is 42.3 Å². The third-order valence-corrected chi connectivity index (χ3v) is 8.92. The number of aliphatic imine (C=N–C) groups is 1. The van der Waals surface area contributed by atoms with E-state index in [9.17, 15) is 0 Å². The first-order chi connectivity index (χ1) is 21.1. The van der Waals surface area contributed by atoms with Crippen LogP contribution in [0.1, 0.15) is 39.4 Å². The van der Waals surface area contributed by atoms with Gasteiger partial charge in [-0.1, -0.05) is 18.2 Å². The number of likely N-dealkylation sites (N-methyl/N-ethyl adjacent to an activating group) is 1. The molecule has 7 bridgehead atoms. The lowest BCUT2D eigenvalue weighted by atomic mass is 9.88. The number of ether oxygens (including phenoxy) is 3. The van der Waals surface area contributed by atoms with Crippen molar-refractivity contribution < 1.29 is 27.8 Å². The highest BCUT2D eigenvalue weighted by Gasteiger charge is 2.31. The molecule has 0 saturated carbocycles. The maximum atomic E-state index is 6.83. The molecule has 0 aliphatic carbocycles. The molecule has 0 unspecified atom stereocenters. The maximum absolute atomic E-state index is 6.83. The molecule has 0 fully saturated rings. The molecule has 8 nitrogen and oxygen atoms in total. The minimum atomic E-state index is 0.0470. The Bertz CT molecular complexity index is 1960. The number of nitrogens with zero attached hydrogens (tertiary/aromatic N) is 2. The molecule has 4 aliphatic heterocycles. The second-order valence-corrected chi connectivity index (χ2v) is 11.5. The summed E-state index contributed by atoms with van der Waals surface area (Å²) in [4.78, 5) is 7.33. The van der Waals surface area contributed by atoms with Crippen molar-refractivity contribution in [3.63, 3.8) is 0 Å². The molecule has 0 saturated heterocycles. The monoisotopic (exact) mass is 576 g/mol. The van der Waals surface area contributed by atoms with Crippen LogP contribution in [0.25, 0.3) is 22.3 Å². The van der Waals surface area contributed by atoms with E-state index in [1.54, 1.807) is 14.2 Å². The van der Waals surface area contributed by atoms with Crippen molar-refractivity contribution in [1.82, 2.24) is 4.90 Å². The molecule has 0 amide bonds. The summed E-state index contributed by atoms with van der Waals surface area (Å²) in [6.07, 6.45) is 3.09. The van der Waals surface area contributed by atoms with Gasteiger partial charge in [0.15, 0.2) is 28.4 Å². The zero-order valence-electron chi connectivity index (χ0n) is 24.4. The summed E-state index contributed by atoms with van der Waals surface area (Å²) in [7, 11) is 5.47. The summed E-state index contributed by atoms with van der Waals surface area (Å²) in [5, 5.41) is 0. The average molecular weight is 577 g/mol. The molecule has 8 heteroatoms. The van der Waals surface area contributed by atoms with Gasteiger partial charge in [-0.3, -0.25) is 19.0 Å². The molecule has 5 aromatic rings. The molecule has 4 aliphatic rings. The van der Waals surface area contributed by atoms with E-state index < -0.39 is 0 Å². The van der Waals surface area contributed by atoms with Crippen LogP contribution in [0.4, 0.5) is 0 Å². The Kier molecular flexibility index (Phi) is 6.19. The molecular formula is C35H32N2O6. The lowest BCUT2D eigenvalue weighted by molar-refractivity contribution is 0.0894. The standard InChI is InChI=1S/C35H32N2O6/c1-37-13-11-23-18-32(39-3)34-35-33(23)27(37)15-20-4-7-24(8-5-20)40-29-16-21(6-9-28(29)38-2)14-26-25-19-30(41-35)31(42-43-34)17-22(25)10-12-36-26/h4-9,16-19,27H,10-15H2,1-3H3/t27-/m0/s1. The predicted octanol–water partition coefficient (Wildman–Crippen LogP) is 7.38. The fourth-order valence-electron chi connectivity index (χ4n) is 6.63. The van der Waals surface area contributed by atoms with Gasteiger partial charge >= 0.3 is 0 Å². The van der Waals surface area contributed by atoms with Crippen LogP contribution >= 0.6 is 0 Å². The van der Waals surface area contributed by atoms with Gasteiger partial charge in [-0.25, -0.2) is 0 Å². The van der Waals surface area contributed by atoms with Crippen molar-refractivity contribution in [3.8, 4) is 23.0 Å². The first-order valence-electron chi connectivity index (χ1n) is 14.7. The van der Waals surface area contributed by atoms with Crippen LogP contribution in [0.15, 0.2) is 79.2 Å². The van der Waals surface area contributed by atoms with Crippen molar-refractivity contribution in [3.05, 3.63) is 94.0 Å². The van der Waals surface area contributed by atoms with Crippen molar-refractivity contribution >= 4 is 28.0 Å². The van der Waals surface area contributed by atoms with Crippen molar-refractivity contribution in [2.45, 2.75) is 31.7 Å². The minimum Gasteiger partial charge on any atom is -0.493 e. The summed E-state index contributed by atoms with van der Waals surface area (Å²) in [5.41, 5.74) is 9.95. The predicted molar refractivity (Wildman–Crippen MR) is 164 cm³/mol. The molecule has 0 N–H and O–H groups in total. The van der Waals surface area contributed by atoms with Crippen molar-refractivity contribution in [2.75, 3.05) is 34.4 Å². The van der Waals surface area contributed by atoms with Crippen molar-refractivity contribution in [1.29, 1.82) is 0 Å². The number of benzene rings is 4. The Morgan fingerprint density at radius 2 is 1.65 bits per heavy atom. The van der Waals surface area contributed by atoms with Gasteiger partial charge in [0.2, 0.25) is 5.58 Å². The molecule has 4 aromatic carbocycles. The number of fused-ring (bicyclic) bond motifs is 2. The van der Waals surface area contributed by atoms with Crippen LogP contribution in [0.3, 0.4) is 0 Å². The summed E-state index contributed by atoms with van der Waals surface area (Å²) >= 11 is 0. The molecule has 9 rings (SSSR count). The number of methoxy groups -OCH3 is 2. The topological polar surface area (TPSA) is 82.7 Å². The fourth-order valence-corrected chi connectivity index (χ4v) is 6.63. The van der Waals surface area contributed by atoms with Crippen LogP contribution in [0, 0.1) is 0 Å². The Labute approximate surface area is 248 Å². The van der Waals surface area contributed by atoms with Gasteiger partial charge in [-0.15, -0.1) is 0 Å². The highest BCUT2D eigenvalue weighted by atomic mass is 17.0. The van der Waals surface area contributed by atoms with Gasteiger partial charge in [0, 0.05) is 42.4 Å². The number of hydrogen-bond acceptors (Lipinski definition) is 8. The van der Waals surface area contributed by atoms with E-state index in [0.29, 0.717) is 52.5 Å². The Morgan fingerprint density at radius 3 is 2.49 bits per heavy atom. The zero-order chi connectivity index (χ0) is 29.1. The van der Waals surface area contributed by atoms with Crippen molar-refractivity contribution in [2.24, 2.45) is 4.99 Å². The van der Waals surface area contributed by atoms with Crippen LogP contribution in [0.2, 0.25) is 0 Å². The normalized spacial score (nSPS) is 17.6. The van der Waals surface area contributed by atoms with E-state index in [1.165, 1.54) is 11.1 Å². The van der Waals surface area contributed by atoms with Crippen LogP contribution in [-0.4, -0.2) is 45.0 Å². The summed E-state index contributed by atoms with van der Waals surface area (Å²) in [6.45, 7) is 1.61. The average Bonchev–Trinajstić information content (AvgIpc) is 3.21. The van der Waals surface area contributed by atoms with E-state index >= 15 is 0 Å². The number of rotatable bonds is 2. The molecule has 5 heterocycles. The lowest BCUT2D eigenvalue weighted by Gasteiger charge is -2.35. The van der Waals surface area contributed by atoms with Crippen LogP contribution < -0.4 is 14.2 Å². The summed E-state index contributed by atoms with van der Waals surface area (Å²) < 4.78 is 36.6. The van der Waals surface area contributed by atoms with Crippen LogP contribution in [0.5, 0.6) is 23.0 Å². The quantitative estimate of drug-likeness (QED) is 0.203. The molecule has 1 aromatic heterocycles. The van der Waals surface area contributed by atoms with E-state index in [1.807, 2.05) is 30.3 Å². The first-order valence-corrected chi connectivity index (χ1v) is 14.7. The smallest absolute Gasteiger partial charge is 0.262 e. The minimum absolute atomic E-state index is 0.0470. The number of hydrogen-bond donors (Lipinski definition) is 0. The fraction of sp³-hybridized carbons (Fsp3) is 0.286. The summed E-state index contributed by atoms with van der Waals surface area (Å²) in [6, 6.07) is 20.5. The van der Waals surface area contributed by atoms with E-state index in [-0.39, 0.29) is 6.04 Å². The molecular weight excluding hydrogens is 544 g/mol. The largest absolute Gasteiger partial charge is 0.493 e. The second kappa shape index (κ2) is 10.2. The molecule has 218 valence electrons. The van der Waals surface area contributed by atoms with Gasteiger partial charge in [-0.2, -0.15) is 0 Å². The Morgan fingerprint density at radius 1 is 0.814 bits per heavy atom. The van der Waals surface area contributed by atoms with E-state index in [0.717, 1.165) is 59.5 Å². The highest BCUT2D eigenvalue weighted by Crippen LogP contribution is 2.42. The Balaban J connectivity index is 1.41. The maximum Gasteiger partial charge on any atom is 0.262 e. The van der Waals surface area contributed by atoms with Crippen LogP contribution in [-0.2, 0) is 25.7 Å². The van der Waals surface area contributed by atoms with Gasteiger partial charge in [0.25, 0.3) is 5.58 Å². The van der Waals surface area contributed by atoms with Gasteiger partial charge in [-0.05, 0) is 91.0 Å². The van der Waals surface area contributed by atoms with Gasteiger partial charge < -0.3 is 18.6 Å². The van der Waals surface area contributed by atoms with E-state index in [4.69, 9.17) is 32.8 Å². The lowest BCUT2D eigenvalue weighted by Crippen LogP contribution is -2.33. The summed E-state index contributed by atoms with van der Waals surface area (Å²) in [5.74, 6) is 2.70. The highest BCUT2D eigenvalue weighted by molar-refractivity contribution is 6.05. The first kappa shape index (κ1) is 26.0. The van der Waals surface area contributed by atoms with Gasteiger partial charge in [0.05, 0.1) is 14.2 Å². The zero-order valence-corrected chi connectivity index (χ0v) is 24.4. The third kappa shape index (κ3) is 4.44. The molecule has 1 atom stereocenters. The molecule has 0 radical (unpaired) electrons. The third-order valence-electron chi connectivity index (χ3n) is 8.92. The molecule has 0 spiro atoms. The van der Waals surface area contributed by atoms with Gasteiger partial charge in [0.1, 0.15) is 5.75 Å². The second-order valence-electron chi connectivity index (χ2n) is 11.5. The molecule has 43 heavy (non-hydrogen) atoms. The SMILES string of the molecule is COc1ccc2cc1Oc1ccc(cc1)C[C@H]1c3c(cc(OC)c4ooc5cc6c(cc5oc34)C(=NCC6)C2)CCN1C. The Hall–Kier alpha value is -4.69.